The van der Waals surface area contributed by atoms with E-state index in [1.54, 1.807) is 11.0 Å². The average Bonchev–Trinajstić information content (AvgIpc) is 2.90. The van der Waals surface area contributed by atoms with Crippen molar-refractivity contribution in [3.05, 3.63) is 34.9 Å². The summed E-state index contributed by atoms with van der Waals surface area (Å²) >= 11 is 0. The molecule has 2 fully saturated rings. The summed E-state index contributed by atoms with van der Waals surface area (Å²) in [5.74, 6) is -2.47. The van der Waals surface area contributed by atoms with Crippen molar-refractivity contribution >= 4 is 29.5 Å². The van der Waals surface area contributed by atoms with Crippen LogP contribution in [0.5, 0.6) is 0 Å². The summed E-state index contributed by atoms with van der Waals surface area (Å²) in [5, 5.41) is 2.17. The highest BCUT2D eigenvalue weighted by molar-refractivity contribution is 6.24. The molecular weight excluding hydrogens is 374 g/mol. The van der Waals surface area contributed by atoms with Gasteiger partial charge in [0, 0.05) is 29.5 Å². The van der Waals surface area contributed by atoms with E-state index in [1.165, 1.54) is 12.1 Å². The Hall–Kier alpha value is -3.03. The molecule has 0 aromatic heterocycles. The Labute approximate surface area is 168 Å². The first-order valence-electron chi connectivity index (χ1n) is 9.63. The van der Waals surface area contributed by atoms with Crippen LogP contribution in [0.4, 0.5) is 0 Å². The van der Waals surface area contributed by atoms with E-state index < -0.39 is 29.7 Å². The van der Waals surface area contributed by atoms with E-state index >= 15 is 0 Å². The molecule has 0 spiro atoms. The molecule has 29 heavy (non-hydrogen) atoms. The minimum Gasteiger partial charge on any atom is -0.332 e. The third-order valence-corrected chi connectivity index (χ3v) is 6.82. The van der Waals surface area contributed by atoms with Crippen LogP contribution < -0.4 is 5.32 Å². The van der Waals surface area contributed by atoms with Crippen LogP contribution in [0.3, 0.4) is 0 Å². The Kier molecular flexibility index (Phi) is 3.98. The highest BCUT2D eigenvalue weighted by Gasteiger charge is 2.54. The largest absolute Gasteiger partial charge is 0.332 e. The van der Waals surface area contributed by atoms with Crippen molar-refractivity contribution in [2.24, 2.45) is 5.41 Å². The smallest absolute Gasteiger partial charge is 0.262 e. The first-order valence-corrected chi connectivity index (χ1v) is 9.63. The molecule has 0 saturated carbocycles. The predicted octanol–water partition coefficient (Wildman–Crippen LogP) is 1.35. The van der Waals surface area contributed by atoms with Gasteiger partial charge in [0.05, 0.1) is 11.1 Å². The molecule has 3 aliphatic heterocycles. The molecule has 1 N–H and O–H groups in total. The lowest BCUT2D eigenvalue weighted by atomic mass is 9.65. The summed E-state index contributed by atoms with van der Waals surface area (Å²) in [6.45, 7) is 8.80. The Morgan fingerprint density at radius 1 is 1.03 bits per heavy atom. The molecule has 1 aromatic rings. The lowest BCUT2D eigenvalue weighted by molar-refractivity contribution is -0.136. The quantitative estimate of drug-likeness (QED) is 0.759. The van der Waals surface area contributed by atoms with Gasteiger partial charge in [-0.3, -0.25) is 34.2 Å². The minimum absolute atomic E-state index is 0.0201. The average molecular weight is 397 g/mol. The number of nitrogens with one attached hydrogen (secondary N) is 1. The summed E-state index contributed by atoms with van der Waals surface area (Å²) < 4.78 is 0. The van der Waals surface area contributed by atoms with E-state index in [0.717, 1.165) is 4.90 Å². The highest BCUT2D eigenvalue weighted by atomic mass is 16.2. The molecule has 3 aliphatic rings. The highest BCUT2D eigenvalue weighted by Crippen LogP contribution is 2.47. The second-order valence-corrected chi connectivity index (χ2v) is 9.04. The third kappa shape index (κ3) is 2.62. The number of piperidine rings is 1. The summed E-state index contributed by atoms with van der Waals surface area (Å²) in [6, 6.07) is 3.42. The maximum Gasteiger partial charge on any atom is 0.262 e. The normalized spacial score (nSPS) is 24.9. The van der Waals surface area contributed by atoms with Gasteiger partial charge in [0.25, 0.3) is 17.7 Å². The molecule has 1 atom stereocenters. The van der Waals surface area contributed by atoms with E-state index in [-0.39, 0.29) is 40.8 Å². The lowest BCUT2D eigenvalue weighted by Crippen LogP contribution is -2.70. The molecule has 8 nitrogen and oxygen atoms in total. The fraction of sp³-hybridized carbons (Fsp3) is 0.476. The maximum absolute atomic E-state index is 13.0. The van der Waals surface area contributed by atoms with Crippen LogP contribution in [0.25, 0.3) is 0 Å². The molecule has 2 saturated heterocycles. The Bertz CT molecular complexity index is 994. The summed E-state index contributed by atoms with van der Waals surface area (Å²) in [5.41, 5.74) is 0.260. The van der Waals surface area contributed by atoms with Gasteiger partial charge in [-0.05, 0) is 38.5 Å². The number of likely N-dealkylation sites (tertiary alicyclic amines) is 1. The molecule has 152 valence electrons. The van der Waals surface area contributed by atoms with Crippen molar-refractivity contribution in [3.8, 4) is 0 Å². The van der Waals surface area contributed by atoms with Gasteiger partial charge in [-0.1, -0.05) is 13.8 Å². The lowest BCUT2D eigenvalue weighted by Gasteiger charge is -2.61. The van der Waals surface area contributed by atoms with Gasteiger partial charge in [0.2, 0.25) is 11.8 Å². The van der Waals surface area contributed by atoms with Crippen molar-refractivity contribution in [1.29, 1.82) is 0 Å². The number of hydrogen-bond acceptors (Lipinski definition) is 5. The first kappa shape index (κ1) is 19.3. The van der Waals surface area contributed by atoms with Gasteiger partial charge in [-0.25, -0.2) is 0 Å². The minimum atomic E-state index is -1.02. The summed E-state index contributed by atoms with van der Waals surface area (Å²) in [7, 11) is 0. The number of nitrogens with zero attached hydrogens (tertiary/aromatic N) is 2. The molecule has 3 heterocycles. The molecule has 8 heteroatoms. The van der Waals surface area contributed by atoms with E-state index in [9.17, 15) is 24.0 Å². The van der Waals surface area contributed by atoms with Crippen molar-refractivity contribution < 1.29 is 24.0 Å². The number of rotatable bonds is 2. The van der Waals surface area contributed by atoms with E-state index in [1.807, 2.05) is 13.8 Å². The van der Waals surface area contributed by atoms with Gasteiger partial charge in [0.1, 0.15) is 6.04 Å². The van der Waals surface area contributed by atoms with Crippen LogP contribution in [-0.4, -0.2) is 57.5 Å². The molecule has 1 aromatic carbocycles. The summed E-state index contributed by atoms with van der Waals surface area (Å²) in [4.78, 5) is 64.8. The first-order chi connectivity index (χ1) is 13.5. The van der Waals surface area contributed by atoms with Gasteiger partial charge in [-0.15, -0.1) is 0 Å². The van der Waals surface area contributed by atoms with Crippen LogP contribution in [-0.2, 0) is 9.59 Å². The number of carbonyl (C=O) groups is 5. The van der Waals surface area contributed by atoms with Crippen molar-refractivity contribution in [2.75, 3.05) is 6.54 Å². The van der Waals surface area contributed by atoms with Gasteiger partial charge in [0.15, 0.2) is 0 Å². The third-order valence-electron chi connectivity index (χ3n) is 6.82. The molecule has 0 bridgehead atoms. The van der Waals surface area contributed by atoms with Crippen LogP contribution in [0.1, 0.15) is 71.6 Å². The molecule has 0 radical (unpaired) electrons. The second kappa shape index (κ2) is 5.98. The zero-order valence-electron chi connectivity index (χ0n) is 16.9. The fourth-order valence-electron chi connectivity index (χ4n) is 4.15. The number of imide groups is 2. The van der Waals surface area contributed by atoms with Gasteiger partial charge < -0.3 is 4.90 Å². The van der Waals surface area contributed by atoms with Crippen LogP contribution >= 0.6 is 0 Å². The van der Waals surface area contributed by atoms with Gasteiger partial charge in [-0.2, -0.15) is 0 Å². The van der Waals surface area contributed by atoms with Crippen molar-refractivity contribution in [1.82, 2.24) is 15.1 Å². The monoisotopic (exact) mass is 397 g/mol. The fourth-order valence-corrected chi connectivity index (χ4v) is 4.15. The number of hydrogen-bond donors (Lipinski definition) is 1. The van der Waals surface area contributed by atoms with Gasteiger partial charge >= 0.3 is 0 Å². The Morgan fingerprint density at radius 2 is 1.69 bits per heavy atom. The zero-order chi connectivity index (χ0) is 21.3. The Balaban J connectivity index is 1.62. The Morgan fingerprint density at radius 3 is 2.28 bits per heavy atom. The molecular formula is C21H23N3O5. The molecule has 4 rings (SSSR count). The van der Waals surface area contributed by atoms with E-state index in [2.05, 4.69) is 19.2 Å². The number of carbonyl (C=O) groups excluding carboxylic acids is 5. The predicted molar refractivity (Wildman–Crippen MR) is 102 cm³/mol. The van der Waals surface area contributed by atoms with Crippen LogP contribution in [0.2, 0.25) is 0 Å². The SMILES string of the molecule is CC1(C)CN(C(=O)c2ccc3c(c2)C(=O)N(C2CCC(=O)NC2=O)C3=O)C1(C)C. The van der Waals surface area contributed by atoms with E-state index in [0.29, 0.717) is 12.1 Å². The van der Waals surface area contributed by atoms with Crippen LogP contribution in [0, 0.1) is 5.41 Å². The molecule has 5 amide bonds. The topological polar surface area (TPSA) is 104 Å². The standard InChI is InChI=1S/C21H23N3O5/c1-20(2)10-23(21(20,3)4)17(27)11-5-6-12-13(9-11)19(29)24(18(12)28)14-7-8-15(25)22-16(14)26/h5-6,9,14H,7-8,10H2,1-4H3,(H,22,25,26). The van der Waals surface area contributed by atoms with E-state index in [4.69, 9.17) is 0 Å². The number of fused-ring (bicyclic) bond motifs is 1. The molecule has 0 aliphatic carbocycles. The molecule has 1 unspecified atom stereocenters. The van der Waals surface area contributed by atoms with Crippen LogP contribution in [0.15, 0.2) is 18.2 Å². The second-order valence-electron chi connectivity index (χ2n) is 9.04. The van der Waals surface area contributed by atoms with Crippen molar-refractivity contribution in [2.45, 2.75) is 52.1 Å². The maximum atomic E-state index is 13.0. The zero-order valence-corrected chi connectivity index (χ0v) is 16.9. The van der Waals surface area contributed by atoms with Crippen molar-refractivity contribution in [3.63, 3.8) is 0 Å². The number of amides is 5. The summed E-state index contributed by atoms with van der Waals surface area (Å²) in [6.07, 6.45) is 0.159. The number of benzene rings is 1.